The van der Waals surface area contributed by atoms with E-state index in [0.29, 0.717) is 0 Å². The summed E-state index contributed by atoms with van der Waals surface area (Å²) < 4.78 is 0. The zero-order valence-corrected chi connectivity index (χ0v) is 14.1. The zero-order chi connectivity index (χ0) is 16.4. The summed E-state index contributed by atoms with van der Waals surface area (Å²) in [6.07, 6.45) is 3.16. The molecule has 2 aromatic carbocycles. The molecule has 0 saturated carbocycles. The van der Waals surface area contributed by atoms with Gasteiger partial charge >= 0.3 is 0 Å². The van der Waals surface area contributed by atoms with Gasteiger partial charge in [0, 0.05) is 22.4 Å². The molecule has 2 heteroatoms. The van der Waals surface area contributed by atoms with Crippen molar-refractivity contribution in [1.82, 2.24) is 4.98 Å². The number of hydrogen-bond donors (Lipinski definition) is 0. The summed E-state index contributed by atoms with van der Waals surface area (Å²) >= 11 is 0. The number of hydrogen-bond acceptors (Lipinski definition) is 2. The van der Waals surface area contributed by atoms with E-state index in [1.54, 1.807) is 0 Å². The highest BCUT2D eigenvalue weighted by molar-refractivity contribution is 6.09. The Morgan fingerprint density at radius 3 is 2.39 bits per heavy atom. The smallest absolute Gasteiger partial charge is 0.0998 e. The predicted octanol–water partition coefficient (Wildman–Crippen LogP) is 5.22. The Hall–Kier alpha value is -2.40. The Balaban J connectivity index is 2.25. The second-order valence-electron chi connectivity index (χ2n) is 7.97. The average Bonchev–Trinajstić information content (AvgIpc) is 2.71. The van der Waals surface area contributed by atoms with E-state index in [9.17, 15) is 5.26 Å². The average molecular weight is 300 g/mol. The van der Waals surface area contributed by atoms with Gasteiger partial charge in [0.2, 0.25) is 0 Å². The van der Waals surface area contributed by atoms with Crippen LogP contribution in [0.3, 0.4) is 0 Å². The fraction of sp³-hybridized carbons (Fsp3) is 0.333. The number of aromatic nitrogens is 1. The predicted molar refractivity (Wildman–Crippen MR) is 94.6 cm³/mol. The van der Waals surface area contributed by atoms with Crippen LogP contribution in [0.1, 0.15) is 50.8 Å². The molecule has 0 amide bonds. The van der Waals surface area contributed by atoms with Crippen molar-refractivity contribution in [2.75, 3.05) is 0 Å². The van der Waals surface area contributed by atoms with E-state index < -0.39 is 0 Å². The molecule has 0 N–H and O–H groups in total. The molecule has 0 unspecified atom stereocenters. The van der Waals surface area contributed by atoms with Gasteiger partial charge in [-0.1, -0.05) is 52.0 Å². The molecule has 23 heavy (non-hydrogen) atoms. The first kappa shape index (κ1) is 14.2. The normalized spacial score (nSPS) is 18.0. The molecule has 2 nitrogen and oxygen atoms in total. The molecule has 1 aliphatic carbocycles. The monoisotopic (exact) mass is 300 g/mol. The van der Waals surface area contributed by atoms with Gasteiger partial charge in [-0.25, -0.2) is 0 Å². The lowest BCUT2D eigenvalue weighted by atomic mass is 9.81. The molecule has 0 fully saturated rings. The van der Waals surface area contributed by atoms with Gasteiger partial charge in [0.1, 0.15) is 0 Å². The third-order valence-electron chi connectivity index (χ3n) is 5.29. The maximum atomic E-state index is 9.61. The molecule has 114 valence electrons. The van der Waals surface area contributed by atoms with Crippen LogP contribution in [0.4, 0.5) is 0 Å². The summed E-state index contributed by atoms with van der Waals surface area (Å²) in [6, 6.07) is 12.5. The maximum absolute atomic E-state index is 9.61. The first-order valence-corrected chi connectivity index (χ1v) is 8.11. The van der Waals surface area contributed by atoms with Crippen molar-refractivity contribution in [1.29, 1.82) is 5.26 Å². The van der Waals surface area contributed by atoms with Crippen LogP contribution in [0.2, 0.25) is 0 Å². The van der Waals surface area contributed by atoms with Crippen molar-refractivity contribution >= 4 is 21.7 Å². The van der Waals surface area contributed by atoms with Gasteiger partial charge in [-0.05, 0) is 34.4 Å². The van der Waals surface area contributed by atoms with E-state index in [-0.39, 0.29) is 10.8 Å². The number of pyridine rings is 1. The van der Waals surface area contributed by atoms with Crippen molar-refractivity contribution in [3.8, 4) is 6.07 Å². The molecule has 0 spiro atoms. The summed E-state index contributed by atoms with van der Waals surface area (Å²) in [5.41, 5.74) is 4.67. The van der Waals surface area contributed by atoms with Gasteiger partial charge in [0.15, 0.2) is 0 Å². The minimum atomic E-state index is 0.0925. The summed E-state index contributed by atoms with van der Waals surface area (Å²) in [7, 11) is 0. The summed E-state index contributed by atoms with van der Waals surface area (Å²) in [6.45, 7) is 9.20. The Morgan fingerprint density at radius 2 is 1.70 bits per heavy atom. The molecule has 1 aromatic heterocycles. The van der Waals surface area contributed by atoms with Gasteiger partial charge in [0.05, 0.1) is 17.1 Å². The second kappa shape index (κ2) is 4.32. The largest absolute Gasteiger partial charge is 0.255 e. The maximum Gasteiger partial charge on any atom is 0.0998 e. The van der Waals surface area contributed by atoms with Crippen molar-refractivity contribution in [3.05, 3.63) is 53.2 Å². The molecule has 0 saturated heterocycles. The lowest BCUT2D eigenvalue weighted by Crippen LogP contribution is -2.18. The zero-order valence-electron chi connectivity index (χ0n) is 14.1. The van der Waals surface area contributed by atoms with E-state index in [1.807, 2.05) is 24.3 Å². The van der Waals surface area contributed by atoms with E-state index >= 15 is 0 Å². The fourth-order valence-corrected chi connectivity index (χ4v) is 4.65. The fourth-order valence-electron chi connectivity index (χ4n) is 4.65. The van der Waals surface area contributed by atoms with Gasteiger partial charge < -0.3 is 0 Å². The number of rotatable bonds is 0. The van der Waals surface area contributed by atoms with E-state index in [2.05, 4.69) is 46.0 Å². The lowest BCUT2D eigenvalue weighted by molar-refractivity contribution is 0.404. The molecular weight excluding hydrogens is 280 g/mol. The van der Waals surface area contributed by atoms with Crippen molar-refractivity contribution in [2.24, 2.45) is 0 Å². The summed E-state index contributed by atoms with van der Waals surface area (Å²) in [4.78, 5) is 4.81. The number of benzene rings is 2. The molecule has 3 aromatic rings. The molecule has 0 atom stereocenters. The number of nitrogens with zero attached hydrogens (tertiary/aromatic N) is 2. The Labute approximate surface area is 136 Å². The third-order valence-corrected chi connectivity index (χ3v) is 5.29. The minimum Gasteiger partial charge on any atom is -0.255 e. The highest BCUT2D eigenvalue weighted by Gasteiger charge is 2.43. The first-order valence-electron chi connectivity index (χ1n) is 8.11. The number of fused-ring (bicyclic) bond motifs is 5. The van der Waals surface area contributed by atoms with Crippen LogP contribution in [0, 0.1) is 11.3 Å². The van der Waals surface area contributed by atoms with Crippen LogP contribution in [-0.2, 0) is 10.8 Å². The topological polar surface area (TPSA) is 36.7 Å². The van der Waals surface area contributed by atoms with Crippen LogP contribution in [0.15, 0.2) is 36.5 Å². The standard InChI is InChI=1S/C21H20N2/c1-20(2)12-21(3,4)18-16-9-13(10-22)14-7-5-6-8-15(14)19(16)23-11-17(18)20/h5-9,11H,12H2,1-4H3. The Kier molecular flexibility index (Phi) is 2.67. The molecule has 1 heterocycles. The van der Waals surface area contributed by atoms with Crippen molar-refractivity contribution in [2.45, 2.75) is 44.9 Å². The quantitative estimate of drug-likeness (QED) is 0.534. The first-order chi connectivity index (χ1) is 10.8. The van der Waals surface area contributed by atoms with Gasteiger partial charge in [-0.2, -0.15) is 5.26 Å². The van der Waals surface area contributed by atoms with Crippen LogP contribution in [0.5, 0.6) is 0 Å². The van der Waals surface area contributed by atoms with Crippen LogP contribution in [-0.4, -0.2) is 4.98 Å². The Morgan fingerprint density at radius 1 is 1.00 bits per heavy atom. The SMILES string of the molecule is CC1(C)CC(C)(C)c2c1cnc1c2cc(C#N)c2ccccc21. The lowest BCUT2D eigenvalue weighted by Gasteiger charge is -2.23. The van der Waals surface area contributed by atoms with Crippen LogP contribution in [0.25, 0.3) is 21.7 Å². The highest BCUT2D eigenvalue weighted by Crippen LogP contribution is 2.51. The molecule has 0 aliphatic heterocycles. The van der Waals surface area contributed by atoms with Crippen molar-refractivity contribution in [3.63, 3.8) is 0 Å². The van der Waals surface area contributed by atoms with Gasteiger partial charge in [-0.3, -0.25) is 4.98 Å². The molecule has 4 rings (SSSR count). The van der Waals surface area contributed by atoms with Gasteiger partial charge in [0.25, 0.3) is 0 Å². The van der Waals surface area contributed by atoms with E-state index in [1.165, 1.54) is 11.1 Å². The highest BCUT2D eigenvalue weighted by atomic mass is 14.7. The third kappa shape index (κ3) is 1.83. The summed E-state index contributed by atoms with van der Waals surface area (Å²) in [5.74, 6) is 0. The number of nitriles is 1. The van der Waals surface area contributed by atoms with Gasteiger partial charge in [-0.15, -0.1) is 0 Å². The Bertz CT molecular complexity index is 1000. The van der Waals surface area contributed by atoms with Crippen LogP contribution < -0.4 is 0 Å². The molecule has 0 radical (unpaired) electrons. The van der Waals surface area contributed by atoms with E-state index in [4.69, 9.17) is 4.98 Å². The minimum absolute atomic E-state index is 0.0925. The molecule has 1 aliphatic rings. The van der Waals surface area contributed by atoms with Crippen LogP contribution >= 0.6 is 0 Å². The second-order valence-corrected chi connectivity index (χ2v) is 7.97. The van der Waals surface area contributed by atoms with E-state index in [0.717, 1.165) is 33.7 Å². The molecular formula is C21H20N2. The molecule has 0 bridgehead atoms. The van der Waals surface area contributed by atoms with Crippen molar-refractivity contribution < 1.29 is 0 Å². The summed E-state index contributed by atoms with van der Waals surface area (Å²) in [5, 5.41) is 12.8.